The van der Waals surface area contributed by atoms with E-state index in [1.165, 1.54) is 44.1 Å². The topological polar surface area (TPSA) is 36.7 Å². The van der Waals surface area contributed by atoms with Crippen LogP contribution in [0.4, 0.5) is 0 Å². The average molecular weight is 359 g/mol. The Morgan fingerprint density at radius 3 is 2.81 bits per heavy atom. The molecule has 4 aliphatic rings. The van der Waals surface area contributed by atoms with Gasteiger partial charge in [-0.15, -0.1) is 0 Å². The minimum atomic E-state index is 0.147. The Bertz CT molecular complexity index is 845. The van der Waals surface area contributed by atoms with E-state index in [4.69, 9.17) is 0 Å². The molecule has 0 spiro atoms. The van der Waals surface area contributed by atoms with Crippen LogP contribution in [0.5, 0.6) is 0 Å². The summed E-state index contributed by atoms with van der Waals surface area (Å²) in [6, 6.07) is 8.62. The van der Waals surface area contributed by atoms with Crippen molar-refractivity contribution in [3.8, 4) is 6.07 Å². The Labute approximate surface area is 163 Å². The van der Waals surface area contributed by atoms with Crippen molar-refractivity contribution in [1.82, 2.24) is 4.98 Å². The van der Waals surface area contributed by atoms with Gasteiger partial charge < -0.3 is 0 Å². The van der Waals surface area contributed by atoms with Crippen LogP contribution in [0, 0.1) is 39.9 Å². The zero-order chi connectivity index (χ0) is 18.6. The number of pyridine rings is 1. The highest BCUT2D eigenvalue weighted by atomic mass is 14.7. The van der Waals surface area contributed by atoms with Gasteiger partial charge in [-0.05, 0) is 90.9 Å². The Kier molecular flexibility index (Phi) is 3.87. The van der Waals surface area contributed by atoms with E-state index < -0.39 is 0 Å². The Hall–Kier alpha value is -1.88. The molecule has 1 aromatic heterocycles. The first-order chi connectivity index (χ1) is 13.0. The molecule has 4 aliphatic carbocycles. The second kappa shape index (κ2) is 6.06. The number of hydrogen-bond acceptors (Lipinski definition) is 2. The fourth-order valence-corrected chi connectivity index (χ4v) is 7.36. The number of nitrogens with zero attached hydrogens (tertiary/aromatic N) is 2. The van der Waals surface area contributed by atoms with Crippen LogP contribution in [0.15, 0.2) is 47.7 Å². The molecule has 1 aromatic rings. The molecular weight excluding hydrogens is 328 g/mol. The first-order valence-corrected chi connectivity index (χ1v) is 10.8. The largest absolute Gasteiger partial charge is 0.261 e. The van der Waals surface area contributed by atoms with Gasteiger partial charge in [0, 0.05) is 23.4 Å². The highest BCUT2D eigenvalue weighted by Crippen LogP contribution is 2.65. The average Bonchev–Trinajstić information content (AvgIpc) is 3.09. The molecule has 0 aliphatic heterocycles. The molecule has 2 saturated carbocycles. The van der Waals surface area contributed by atoms with Crippen LogP contribution >= 0.6 is 0 Å². The van der Waals surface area contributed by atoms with E-state index >= 15 is 0 Å². The second-order valence-electron chi connectivity index (χ2n) is 10.00. The van der Waals surface area contributed by atoms with Gasteiger partial charge in [0.2, 0.25) is 0 Å². The summed E-state index contributed by atoms with van der Waals surface area (Å²) >= 11 is 0. The Morgan fingerprint density at radius 2 is 2.04 bits per heavy atom. The smallest absolute Gasteiger partial charge is 0.0954 e. The summed E-state index contributed by atoms with van der Waals surface area (Å²) in [5.41, 5.74) is 4.18. The highest BCUT2D eigenvalue weighted by molar-refractivity contribution is 5.47. The van der Waals surface area contributed by atoms with Crippen molar-refractivity contribution < 1.29 is 0 Å². The third-order valence-corrected chi connectivity index (χ3v) is 8.79. The summed E-state index contributed by atoms with van der Waals surface area (Å²) in [5.74, 6) is 2.65. The molecular formula is C25H30N2. The minimum Gasteiger partial charge on any atom is -0.261 e. The summed E-state index contributed by atoms with van der Waals surface area (Å²) in [5, 5.41) is 9.81. The van der Waals surface area contributed by atoms with Crippen LogP contribution in [0.3, 0.4) is 0 Å². The lowest BCUT2D eigenvalue weighted by Gasteiger charge is -2.57. The van der Waals surface area contributed by atoms with Crippen molar-refractivity contribution in [2.24, 2.45) is 28.6 Å². The SMILES string of the molecule is C[C@@]12CCC[C@H]1[C@@H]1CC=C3C=C(C#N)[C@@H](c4ccccn4)C[C@]3(C)[C@H]1CC2. The maximum atomic E-state index is 9.81. The van der Waals surface area contributed by atoms with Crippen LogP contribution in [0.2, 0.25) is 0 Å². The van der Waals surface area contributed by atoms with Crippen molar-refractivity contribution in [2.75, 3.05) is 0 Å². The van der Waals surface area contributed by atoms with E-state index in [1.807, 2.05) is 12.3 Å². The van der Waals surface area contributed by atoms with Crippen LogP contribution in [0.25, 0.3) is 0 Å². The van der Waals surface area contributed by atoms with Crippen LogP contribution in [-0.4, -0.2) is 4.98 Å². The molecule has 1 heterocycles. The number of aromatic nitrogens is 1. The Balaban J connectivity index is 1.55. The van der Waals surface area contributed by atoms with Crippen molar-refractivity contribution in [1.29, 1.82) is 5.26 Å². The minimum absolute atomic E-state index is 0.147. The van der Waals surface area contributed by atoms with Gasteiger partial charge in [0.1, 0.15) is 0 Å². The summed E-state index contributed by atoms with van der Waals surface area (Å²) in [7, 11) is 0. The van der Waals surface area contributed by atoms with Gasteiger partial charge in [-0.2, -0.15) is 5.26 Å². The molecule has 140 valence electrons. The van der Waals surface area contributed by atoms with E-state index in [-0.39, 0.29) is 11.3 Å². The lowest BCUT2D eigenvalue weighted by molar-refractivity contribution is -0.0199. The summed E-state index contributed by atoms with van der Waals surface area (Å²) in [4.78, 5) is 4.63. The van der Waals surface area contributed by atoms with Crippen molar-refractivity contribution in [3.63, 3.8) is 0 Å². The van der Waals surface area contributed by atoms with Crippen LogP contribution in [0.1, 0.15) is 70.4 Å². The molecule has 0 unspecified atom stereocenters. The third kappa shape index (κ3) is 2.47. The van der Waals surface area contributed by atoms with Gasteiger partial charge in [-0.25, -0.2) is 0 Å². The molecule has 2 heteroatoms. The van der Waals surface area contributed by atoms with Gasteiger partial charge in [-0.3, -0.25) is 4.98 Å². The molecule has 2 nitrogen and oxygen atoms in total. The zero-order valence-electron chi connectivity index (χ0n) is 16.6. The van der Waals surface area contributed by atoms with Gasteiger partial charge in [0.05, 0.1) is 6.07 Å². The van der Waals surface area contributed by atoms with Crippen molar-refractivity contribution >= 4 is 0 Å². The molecule has 0 saturated heterocycles. The zero-order valence-corrected chi connectivity index (χ0v) is 16.6. The molecule has 2 fully saturated rings. The molecule has 0 amide bonds. The van der Waals surface area contributed by atoms with Gasteiger partial charge in [0.15, 0.2) is 0 Å². The van der Waals surface area contributed by atoms with Gasteiger partial charge in [-0.1, -0.05) is 32.4 Å². The normalized spacial score (nSPS) is 42.9. The summed E-state index contributed by atoms with van der Waals surface area (Å²) in [6.45, 7) is 5.06. The molecule has 0 aromatic carbocycles. The fraction of sp³-hybridized carbons (Fsp3) is 0.600. The number of allylic oxidation sites excluding steroid dienone is 4. The predicted octanol–water partition coefficient (Wildman–Crippen LogP) is 6.19. The summed E-state index contributed by atoms with van der Waals surface area (Å²) < 4.78 is 0. The van der Waals surface area contributed by atoms with Crippen LogP contribution in [-0.2, 0) is 0 Å². The van der Waals surface area contributed by atoms with Crippen molar-refractivity contribution in [3.05, 3.63) is 53.4 Å². The molecule has 0 bridgehead atoms. The van der Waals surface area contributed by atoms with Gasteiger partial charge >= 0.3 is 0 Å². The molecule has 0 N–H and O–H groups in total. The van der Waals surface area contributed by atoms with E-state index in [0.29, 0.717) is 5.41 Å². The quantitative estimate of drug-likeness (QED) is 0.600. The van der Waals surface area contributed by atoms with Crippen molar-refractivity contribution in [2.45, 2.75) is 64.7 Å². The molecule has 0 radical (unpaired) electrons. The second-order valence-corrected chi connectivity index (χ2v) is 10.00. The number of nitriles is 1. The lowest BCUT2D eigenvalue weighted by atomic mass is 9.48. The standard InChI is InChI=1S/C25H30N2/c1-24-11-5-6-21(24)19-9-8-18-14-17(16-26)20(23-7-3-4-13-27-23)15-25(18,2)22(19)10-12-24/h3-4,7-8,13-14,19-22H,5-6,9-12,15H2,1-2H3/t19-,20-,21-,22-,24-,25-/m0/s1. The highest BCUT2D eigenvalue weighted by Gasteiger charge is 2.56. The predicted molar refractivity (Wildman–Crippen MR) is 108 cm³/mol. The van der Waals surface area contributed by atoms with E-state index in [0.717, 1.165) is 35.4 Å². The van der Waals surface area contributed by atoms with E-state index in [2.05, 4.69) is 49.2 Å². The number of hydrogen-bond donors (Lipinski definition) is 0. The maximum absolute atomic E-state index is 9.81. The van der Waals surface area contributed by atoms with Crippen LogP contribution < -0.4 is 0 Å². The fourth-order valence-electron chi connectivity index (χ4n) is 7.36. The van der Waals surface area contributed by atoms with E-state index in [9.17, 15) is 5.26 Å². The number of rotatable bonds is 1. The number of fused-ring (bicyclic) bond motifs is 5. The Morgan fingerprint density at radius 1 is 1.15 bits per heavy atom. The summed E-state index contributed by atoms with van der Waals surface area (Å²) in [6.07, 6.45) is 15.9. The monoisotopic (exact) mass is 358 g/mol. The van der Waals surface area contributed by atoms with Gasteiger partial charge in [0.25, 0.3) is 0 Å². The van der Waals surface area contributed by atoms with E-state index in [1.54, 1.807) is 0 Å². The maximum Gasteiger partial charge on any atom is 0.0954 e. The third-order valence-electron chi connectivity index (χ3n) is 8.79. The first kappa shape index (κ1) is 17.2. The first-order valence-electron chi connectivity index (χ1n) is 10.8. The molecule has 6 atom stereocenters. The lowest BCUT2D eigenvalue weighted by Crippen LogP contribution is -2.48. The molecule has 27 heavy (non-hydrogen) atoms. The molecule has 5 rings (SSSR count).